The summed E-state index contributed by atoms with van der Waals surface area (Å²) in [5.74, 6) is 1.85. The van der Waals surface area contributed by atoms with E-state index >= 15 is 0 Å². The number of nitrogens with one attached hydrogen (secondary N) is 2. The zero-order valence-corrected chi connectivity index (χ0v) is 21.3. The van der Waals surface area contributed by atoms with Crippen molar-refractivity contribution in [3.05, 3.63) is 46.0 Å². The third-order valence-electron chi connectivity index (χ3n) is 5.20. The standard InChI is InChI=1S/C20H29Cl2N7.HI/c1-3-19-27-25-14-29(19)11-8-24-20(23-2)26-16-6-9-28(10-7-16)13-15-4-5-17(21)18(22)12-15;/h4-5,12,14,16H,3,6-11,13H2,1-2H3,(H2,23,24,26);1H. The Balaban J connectivity index is 0.00000320. The van der Waals surface area contributed by atoms with Crippen molar-refractivity contribution in [2.24, 2.45) is 4.99 Å². The van der Waals surface area contributed by atoms with Crippen LogP contribution in [0.5, 0.6) is 0 Å². The molecule has 0 atom stereocenters. The molecule has 0 bridgehead atoms. The van der Waals surface area contributed by atoms with Crippen LogP contribution in [0.2, 0.25) is 10.0 Å². The fourth-order valence-electron chi connectivity index (χ4n) is 3.55. The molecule has 30 heavy (non-hydrogen) atoms. The highest BCUT2D eigenvalue weighted by atomic mass is 127. The van der Waals surface area contributed by atoms with Crippen LogP contribution in [0, 0.1) is 0 Å². The molecule has 0 aliphatic carbocycles. The van der Waals surface area contributed by atoms with Gasteiger partial charge in [-0.1, -0.05) is 36.2 Å². The second-order valence-corrected chi connectivity index (χ2v) is 8.05. The van der Waals surface area contributed by atoms with Gasteiger partial charge in [-0.15, -0.1) is 34.2 Å². The minimum absolute atomic E-state index is 0. The molecule has 10 heteroatoms. The number of aryl methyl sites for hydroxylation is 1. The molecule has 7 nitrogen and oxygen atoms in total. The van der Waals surface area contributed by atoms with E-state index in [1.54, 1.807) is 6.33 Å². The molecule has 1 aromatic heterocycles. The second-order valence-electron chi connectivity index (χ2n) is 7.24. The van der Waals surface area contributed by atoms with Crippen molar-refractivity contribution >= 4 is 53.1 Å². The number of nitrogens with zero attached hydrogens (tertiary/aromatic N) is 5. The molecule has 1 aliphatic rings. The number of guanidine groups is 1. The quantitative estimate of drug-likeness (QED) is 0.305. The summed E-state index contributed by atoms with van der Waals surface area (Å²) in [4.78, 5) is 6.81. The van der Waals surface area contributed by atoms with E-state index < -0.39 is 0 Å². The van der Waals surface area contributed by atoms with Gasteiger partial charge in [-0.05, 0) is 30.5 Å². The van der Waals surface area contributed by atoms with E-state index in [1.165, 1.54) is 5.56 Å². The molecular weight excluding hydrogens is 536 g/mol. The average Bonchev–Trinajstić information content (AvgIpc) is 3.19. The predicted molar refractivity (Wildman–Crippen MR) is 134 cm³/mol. The van der Waals surface area contributed by atoms with Gasteiger partial charge in [0.1, 0.15) is 12.2 Å². The topological polar surface area (TPSA) is 70.4 Å². The lowest BCUT2D eigenvalue weighted by atomic mass is 10.0. The first-order valence-corrected chi connectivity index (χ1v) is 10.8. The van der Waals surface area contributed by atoms with Gasteiger partial charge in [0.05, 0.1) is 10.0 Å². The Labute approximate surface area is 205 Å². The zero-order chi connectivity index (χ0) is 20.6. The van der Waals surface area contributed by atoms with Crippen LogP contribution in [-0.4, -0.2) is 58.3 Å². The molecule has 0 radical (unpaired) electrons. The Hall–Kier alpha value is -1.10. The number of aliphatic imine (C=N–C) groups is 1. The molecule has 1 aromatic carbocycles. The van der Waals surface area contributed by atoms with Crippen molar-refractivity contribution in [3.63, 3.8) is 0 Å². The van der Waals surface area contributed by atoms with E-state index in [2.05, 4.69) is 42.2 Å². The molecule has 0 spiro atoms. The smallest absolute Gasteiger partial charge is 0.191 e. The monoisotopic (exact) mass is 565 g/mol. The maximum absolute atomic E-state index is 6.13. The van der Waals surface area contributed by atoms with Crippen LogP contribution in [0.25, 0.3) is 0 Å². The van der Waals surface area contributed by atoms with Gasteiger partial charge < -0.3 is 15.2 Å². The van der Waals surface area contributed by atoms with Crippen LogP contribution in [0.3, 0.4) is 0 Å². The molecule has 1 aliphatic heterocycles. The summed E-state index contributed by atoms with van der Waals surface area (Å²) in [6, 6.07) is 6.29. The molecule has 1 fully saturated rings. The van der Waals surface area contributed by atoms with Crippen molar-refractivity contribution in [2.45, 2.75) is 45.3 Å². The molecular formula is C20H30Cl2IN7. The summed E-state index contributed by atoms with van der Waals surface area (Å²) in [6.45, 7) is 6.66. The number of likely N-dealkylation sites (tertiary alicyclic amines) is 1. The van der Waals surface area contributed by atoms with Crippen LogP contribution in [0.4, 0.5) is 0 Å². The molecule has 3 rings (SSSR count). The van der Waals surface area contributed by atoms with Crippen LogP contribution >= 0.6 is 47.2 Å². The first-order valence-electron chi connectivity index (χ1n) is 10.1. The van der Waals surface area contributed by atoms with Gasteiger partial charge in [-0.25, -0.2) is 0 Å². The molecule has 0 amide bonds. The Bertz CT molecular complexity index is 819. The van der Waals surface area contributed by atoms with E-state index in [-0.39, 0.29) is 24.0 Å². The lowest BCUT2D eigenvalue weighted by Gasteiger charge is -2.33. The second kappa shape index (κ2) is 12.7. The largest absolute Gasteiger partial charge is 0.355 e. The van der Waals surface area contributed by atoms with E-state index in [1.807, 2.05) is 25.2 Å². The number of piperidine rings is 1. The third-order valence-corrected chi connectivity index (χ3v) is 5.94. The van der Waals surface area contributed by atoms with Gasteiger partial charge in [0.15, 0.2) is 5.96 Å². The minimum Gasteiger partial charge on any atom is -0.355 e. The fourth-order valence-corrected chi connectivity index (χ4v) is 3.87. The number of aromatic nitrogens is 3. The van der Waals surface area contributed by atoms with Crippen molar-refractivity contribution in [3.8, 4) is 0 Å². The van der Waals surface area contributed by atoms with Gasteiger partial charge in [0.2, 0.25) is 0 Å². The van der Waals surface area contributed by atoms with Crippen molar-refractivity contribution in [1.82, 2.24) is 30.3 Å². The first-order chi connectivity index (χ1) is 14.1. The Morgan fingerprint density at radius 2 is 2.00 bits per heavy atom. The van der Waals surface area contributed by atoms with Crippen molar-refractivity contribution < 1.29 is 0 Å². The van der Waals surface area contributed by atoms with Gasteiger partial charge >= 0.3 is 0 Å². The van der Waals surface area contributed by atoms with Crippen LogP contribution in [-0.2, 0) is 19.5 Å². The van der Waals surface area contributed by atoms with Crippen molar-refractivity contribution in [1.29, 1.82) is 0 Å². The van der Waals surface area contributed by atoms with Gasteiger partial charge in [-0.3, -0.25) is 9.89 Å². The van der Waals surface area contributed by atoms with E-state index in [0.29, 0.717) is 16.1 Å². The van der Waals surface area contributed by atoms with E-state index in [9.17, 15) is 0 Å². The lowest BCUT2D eigenvalue weighted by Crippen LogP contribution is -2.49. The van der Waals surface area contributed by atoms with Crippen LogP contribution < -0.4 is 10.6 Å². The summed E-state index contributed by atoms with van der Waals surface area (Å²) in [5.41, 5.74) is 1.20. The number of benzene rings is 1. The van der Waals surface area contributed by atoms with Crippen LogP contribution in [0.1, 0.15) is 31.2 Å². The maximum Gasteiger partial charge on any atom is 0.191 e. The molecule has 0 saturated carbocycles. The summed E-state index contributed by atoms with van der Waals surface area (Å²) < 4.78 is 2.07. The Morgan fingerprint density at radius 1 is 1.23 bits per heavy atom. The Kier molecular flexibility index (Phi) is 10.6. The number of hydrogen-bond donors (Lipinski definition) is 2. The molecule has 2 N–H and O–H groups in total. The highest BCUT2D eigenvalue weighted by Crippen LogP contribution is 2.24. The summed E-state index contributed by atoms with van der Waals surface area (Å²) in [6.07, 6.45) is 4.81. The van der Waals surface area contributed by atoms with Gasteiger partial charge in [-0.2, -0.15) is 0 Å². The first kappa shape index (κ1) is 25.2. The predicted octanol–water partition coefficient (Wildman–Crippen LogP) is 3.59. The summed E-state index contributed by atoms with van der Waals surface area (Å²) in [7, 11) is 1.81. The minimum atomic E-state index is 0. The number of hydrogen-bond acceptors (Lipinski definition) is 4. The van der Waals surface area contributed by atoms with Crippen LogP contribution in [0.15, 0.2) is 29.5 Å². The SMILES string of the molecule is CCc1nncn1CCNC(=NC)NC1CCN(Cc2ccc(Cl)c(Cl)c2)CC1.I. The highest BCUT2D eigenvalue weighted by Gasteiger charge is 2.20. The van der Waals surface area contributed by atoms with Gasteiger partial charge in [0.25, 0.3) is 0 Å². The zero-order valence-electron chi connectivity index (χ0n) is 17.4. The van der Waals surface area contributed by atoms with Gasteiger partial charge in [0, 0.05) is 52.2 Å². The number of halogens is 3. The summed E-state index contributed by atoms with van der Waals surface area (Å²) in [5, 5.41) is 16.2. The summed E-state index contributed by atoms with van der Waals surface area (Å²) >= 11 is 12.1. The normalized spacial score (nSPS) is 15.7. The molecule has 1 saturated heterocycles. The maximum atomic E-state index is 6.13. The average molecular weight is 566 g/mol. The lowest BCUT2D eigenvalue weighted by molar-refractivity contribution is 0.198. The number of rotatable bonds is 7. The molecule has 0 unspecified atom stereocenters. The molecule has 166 valence electrons. The Morgan fingerprint density at radius 3 is 2.67 bits per heavy atom. The molecule has 2 heterocycles. The molecule has 2 aromatic rings. The van der Waals surface area contributed by atoms with E-state index in [4.69, 9.17) is 23.2 Å². The van der Waals surface area contributed by atoms with Crippen molar-refractivity contribution in [2.75, 3.05) is 26.7 Å². The van der Waals surface area contributed by atoms with E-state index in [0.717, 1.165) is 63.8 Å². The highest BCUT2D eigenvalue weighted by molar-refractivity contribution is 14.0. The fraction of sp³-hybridized carbons (Fsp3) is 0.550. The third kappa shape index (κ3) is 7.25.